The molecule has 4 heteroatoms. The van der Waals surface area contributed by atoms with E-state index >= 15 is 0 Å². The van der Waals surface area contributed by atoms with Gasteiger partial charge in [0.15, 0.2) is 0 Å². The zero-order valence-electron chi connectivity index (χ0n) is 6.96. The van der Waals surface area contributed by atoms with Crippen LogP contribution in [0.3, 0.4) is 0 Å². The zero-order chi connectivity index (χ0) is 8.97. The second kappa shape index (κ2) is 5.27. The molecule has 0 aliphatic rings. The van der Waals surface area contributed by atoms with E-state index in [4.69, 9.17) is 0 Å². The number of hydrogen-bond acceptors (Lipinski definition) is 3. The first-order valence-electron chi connectivity index (χ1n) is 3.74. The molecule has 0 aliphatic carbocycles. The van der Waals surface area contributed by atoms with Crippen molar-refractivity contribution < 1.29 is 0 Å². The highest BCUT2D eigenvalue weighted by Gasteiger charge is 2.01. The number of rotatable bonds is 4. The molecular formula is C8H12BrNS2. The quantitative estimate of drug-likeness (QED) is 0.820. The fourth-order valence-corrected chi connectivity index (χ4v) is 2.82. The molecule has 1 aromatic heterocycles. The maximum Gasteiger partial charge on any atom is 0.0325 e. The van der Waals surface area contributed by atoms with Gasteiger partial charge in [0.05, 0.1) is 0 Å². The lowest BCUT2D eigenvalue weighted by Gasteiger charge is -2.13. The summed E-state index contributed by atoms with van der Waals surface area (Å²) in [7, 11) is 2.11. The van der Waals surface area contributed by atoms with E-state index in [1.807, 2.05) is 0 Å². The van der Waals surface area contributed by atoms with Gasteiger partial charge >= 0.3 is 0 Å². The highest BCUT2D eigenvalue weighted by Crippen LogP contribution is 2.20. The van der Waals surface area contributed by atoms with Gasteiger partial charge in [-0.3, -0.25) is 0 Å². The maximum atomic E-state index is 4.18. The molecule has 0 N–H and O–H groups in total. The highest BCUT2D eigenvalue weighted by molar-refractivity contribution is 9.10. The Hall–Kier alpha value is 0.490. The molecule has 0 saturated carbocycles. The third-order valence-corrected chi connectivity index (χ3v) is 3.41. The molecule has 0 saturated heterocycles. The van der Waals surface area contributed by atoms with Crippen molar-refractivity contribution in [1.29, 1.82) is 0 Å². The Morgan fingerprint density at radius 1 is 1.67 bits per heavy atom. The van der Waals surface area contributed by atoms with Gasteiger partial charge in [-0.25, -0.2) is 0 Å². The topological polar surface area (TPSA) is 3.24 Å². The summed E-state index contributed by atoms with van der Waals surface area (Å²) in [4.78, 5) is 3.66. The van der Waals surface area contributed by atoms with Crippen LogP contribution in [-0.2, 0) is 6.54 Å². The summed E-state index contributed by atoms with van der Waals surface area (Å²) < 4.78 is 1.18. The first-order chi connectivity index (χ1) is 5.72. The van der Waals surface area contributed by atoms with Crippen molar-refractivity contribution in [1.82, 2.24) is 4.90 Å². The van der Waals surface area contributed by atoms with Crippen molar-refractivity contribution in [3.05, 3.63) is 20.8 Å². The Morgan fingerprint density at radius 3 is 2.92 bits per heavy atom. The minimum absolute atomic E-state index is 0.920. The van der Waals surface area contributed by atoms with Gasteiger partial charge in [-0.15, -0.1) is 11.3 Å². The molecule has 0 amide bonds. The third kappa shape index (κ3) is 3.47. The fourth-order valence-electron chi connectivity index (χ4n) is 0.953. The van der Waals surface area contributed by atoms with E-state index in [-0.39, 0.29) is 0 Å². The van der Waals surface area contributed by atoms with Crippen LogP contribution in [0.25, 0.3) is 0 Å². The monoisotopic (exact) mass is 265 g/mol. The number of halogens is 1. The maximum absolute atomic E-state index is 4.18. The first-order valence-corrected chi connectivity index (χ1v) is 6.05. The second-order valence-electron chi connectivity index (χ2n) is 2.69. The van der Waals surface area contributed by atoms with Crippen molar-refractivity contribution in [3.63, 3.8) is 0 Å². The Kier molecular flexibility index (Phi) is 4.64. The number of hydrogen-bond donors (Lipinski definition) is 1. The van der Waals surface area contributed by atoms with E-state index in [1.165, 1.54) is 9.35 Å². The van der Waals surface area contributed by atoms with E-state index < -0.39 is 0 Å². The largest absolute Gasteiger partial charge is 0.300 e. The summed E-state index contributed by atoms with van der Waals surface area (Å²) in [5.74, 6) is 0.920. The van der Waals surface area contributed by atoms with Gasteiger partial charge in [0.1, 0.15) is 0 Å². The Bertz CT molecular complexity index is 237. The molecule has 0 fully saturated rings. The third-order valence-electron chi connectivity index (χ3n) is 1.53. The fraction of sp³-hybridized carbons (Fsp3) is 0.500. The van der Waals surface area contributed by atoms with Gasteiger partial charge in [0.25, 0.3) is 0 Å². The van der Waals surface area contributed by atoms with Crippen molar-refractivity contribution >= 4 is 39.9 Å². The summed E-state index contributed by atoms with van der Waals surface area (Å²) in [6.45, 7) is 2.06. The van der Waals surface area contributed by atoms with Gasteiger partial charge in [0, 0.05) is 33.6 Å². The molecule has 1 heterocycles. The minimum atomic E-state index is 0.920. The SMILES string of the molecule is CN(CCS)Cc1cc(Br)cs1. The Labute approximate surface area is 91.3 Å². The van der Waals surface area contributed by atoms with Gasteiger partial charge < -0.3 is 4.90 Å². The van der Waals surface area contributed by atoms with Crippen molar-refractivity contribution in [2.75, 3.05) is 19.3 Å². The molecule has 0 radical (unpaired) electrons. The Morgan fingerprint density at radius 2 is 2.42 bits per heavy atom. The molecule has 12 heavy (non-hydrogen) atoms. The lowest BCUT2D eigenvalue weighted by atomic mass is 10.4. The molecule has 0 aliphatic heterocycles. The summed E-state index contributed by atoms with van der Waals surface area (Å²) in [5, 5.41) is 2.11. The van der Waals surface area contributed by atoms with Crippen LogP contribution in [0.1, 0.15) is 4.88 Å². The van der Waals surface area contributed by atoms with Crippen molar-refractivity contribution in [2.24, 2.45) is 0 Å². The van der Waals surface area contributed by atoms with Crippen molar-refractivity contribution in [3.8, 4) is 0 Å². The van der Waals surface area contributed by atoms with Crippen LogP contribution in [0.4, 0.5) is 0 Å². The summed E-state index contributed by atoms with van der Waals surface area (Å²) in [6, 6.07) is 2.17. The average molecular weight is 266 g/mol. The normalized spacial score (nSPS) is 11.0. The second-order valence-corrected chi connectivity index (χ2v) is 5.05. The summed E-state index contributed by atoms with van der Waals surface area (Å²) >= 11 is 9.41. The van der Waals surface area contributed by atoms with Crippen LogP contribution < -0.4 is 0 Å². The smallest absolute Gasteiger partial charge is 0.0325 e. The lowest BCUT2D eigenvalue weighted by molar-refractivity contribution is 0.352. The zero-order valence-corrected chi connectivity index (χ0v) is 10.3. The summed E-state index contributed by atoms with van der Waals surface area (Å²) in [5.41, 5.74) is 0. The number of thiol groups is 1. The van der Waals surface area contributed by atoms with Crippen molar-refractivity contribution in [2.45, 2.75) is 6.54 Å². The average Bonchev–Trinajstić information content (AvgIpc) is 2.36. The molecule has 0 bridgehead atoms. The van der Waals surface area contributed by atoms with E-state index in [0.717, 1.165) is 18.8 Å². The van der Waals surface area contributed by atoms with Crippen LogP contribution in [0.15, 0.2) is 15.9 Å². The Balaban J connectivity index is 2.41. The molecule has 0 unspecified atom stereocenters. The molecule has 1 nitrogen and oxygen atoms in total. The molecule has 68 valence electrons. The number of thiophene rings is 1. The van der Waals surface area contributed by atoms with Gasteiger partial charge in [-0.05, 0) is 29.0 Å². The first kappa shape index (κ1) is 10.6. The van der Waals surface area contributed by atoms with Crippen LogP contribution in [0.5, 0.6) is 0 Å². The van der Waals surface area contributed by atoms with Crippen LogP contribution in [0, 0.1) is 0 Å². The molecule has 0 atom stereocenters. The van der Waals surface area contributed by atoms with E-state index in [0.29, 0.717) is 0 Å². The number of nitrogens with zero attached hydrogens (tertiary/aromatic N) is 1. The standard InChI is InChI=1S/C8H12BrNS2/c1-10(2-3-11)5-8-4-7(9)6-12-8/h4,6,11H,2-3,5H2,1H3. The predicted octanol–water partition coefficient (Wildman–Crippen LogP) is 2.87. The molecule has 0 aromatic carbocycles. The van der Waals surface area contributed by atoms with Gasteiger partial charge in [-0.1, -0.05) is 0 Å². The highest BCUT2D eigenvalue weighted by atomic mass is 79.9. The van der Waals surface area contributed by atoms with E-state index in [1.54, 1.807) is 11.3 Å². The van der Waals surface area contributed by atoms with Gasteiger partial charge in [-0.2, -0.15) is 12.6 Å². The van der Waals surface area contributed by atoms with Crippen LogP contribution >= 0.6 is 39.9 Å². The lowest BCUT2D eigenvalue weighted by Crippen LogP contribution is -2.19. The molecule has 0 spiro atoms. The van der Waals surface area contributed by atoms with Crippen LogP contribution in [0.2, 0.25) is 0 Å². The van der Waals surface area contributed by atoms with E-state index in [2.05, 4.69) is 52.0 Å². The summed E-state index contributed by atoms with van der Waals surface area (Å²) in [6.07, 6.45) is 0. The predicted molar refractivity (Wildman–Crippen MR) is 62.2 cm³/mol. The van der Waals surface area contributed by atoms with Crippen LogP contribution in [-0.4, -0.2) is 24.2 Å². The molecule has 1 rings (SSSR count). The molecule has 1 aromatic rings. The van der Waals surface area contributed by atoms with Gasteiger partial charge in [0.2, 0.25) is 0 Å². The molecular weight excluding hydrogens is 254 g/mol. The van der Waals surface area contributed by atoms with E-state index in [9.17, 15) is 0 Å². The minimum Gasteiger partial charge on any atom is -0.300 e.